The lowest BCUT2D eigenvalue weighted by atomic mass is 9.93. The summed E-state index contributed by atoms with van der Waals surface area (Å²) in [6, 6.07) is 6.47. The molecule has 78 valence electrons. The monoisotopic (exact) mass is 200 g/mol. The van der Waals surface area contributed by atoms with Crippen LogP contribution in [0, 0.1) is 31.1 Å². The Morgan fingerprint density at radius 3 is 2.73 bits per heavy atom. The van der Waals surface area contributed by atoms with Crippen molar-refractivity contribution in [1.82, 2.24) is 4.98 Å². The minimum atomic E-state index is 0.0469. The van der Waals surface area contributed by atoms with Gasteiger partial charge < -0.3 is 0 Å². The molecule has 0 aromatic carbocycles. The number of rotatable bonds is 3. The van der Waals surface area contributed by atoms with Crippen LogP contribution in [0.15, 0.2) is 12.1 Å². The summed E-state index contributed by atoms with van der Waals surface area (Å²) < 4.78 is 0. The van der Waals surface area contributed by atoms with Gasteiger partial charge in [-0.1, -0.05) is 18.9 Å². The van der Waals surface area contributed by atoms with E-state index in [9.17, 15) is 5.26 Å². The standard InChI is InChI=1S/C13H16N2/c1-9-3-6-13(10(2)15-9)12(8-14)7-11-4-5-11/h3,6,11-12H,4-5,7H2,1-2H3/t12-/m0/s1. The van der Waals surface area contributed by atoms with Crippen molar-refractivity contribution in [2.24, 2.45) is 5.92 Å². The fourth-order valence-electron chi connectivity index (χ4n) is 2.00. The van der Waals surface area contributed by atoms with E-state index >= 15 is 0 Å². The highest BCUT2D eigenvalue weighted by Gasteiger charge is 2.27. The molecule has 15 heavy (non-hydrogen) atoms. The Morgan fingerprint density at radius 2 is 2.20 bits per heavy atom. The molecule has 0 N–H and O–H groups in total. The molecule has 0 amide bonds. The number of pyridine rings is 1. The fraction of sp³-hybridized carbons (Fsp3) is 0.538. The molecule has 0 aliphatic heterocycles. The van der Waals surface area contributed by atoms with E-state index in [4.69, 9.17) is 0 Å². The van der Waals surface area contributed by atoms with E-state index in [1.165, 1.54) is 12.8 Å². The lowest BCUT2D eigenvalue weighted by Gasteiger charge is -2.11. The lowest BCUT2D eigenvalue weighted by molar-refractivity contribution is 0.665. The average molecular weight is 200 g/mol. The molecule has 1 aromatic heterocycles. The Bertz CT molecular complexity index is 399. The van der Waals surface area contributed by atoms with Gasteiger partial charge in [0.05, 0.1) is 12.0 Å². The molecule has 1 fully saturated rings. The number of aromatic nitrogens is 1. The van der Waals surface area contributed by atoms with E-state index in [0.29, 0.717) is 0 Å². The van der Waals surface area contributed by atoms with Crippen LogP contribution in [0.3, 0.4) is 0 Å². The molecule has 1 aliphatic rings. The van der Waals surface area contributed by atoms with Gasteiger partial charge in [0.25, 0.3) is 0 Å². The van der Waals surface area contributed by atoms with Gasteiger partial charge >= 0.3 is 0 Å². The van der Waals surface area contributed by atoms with Gasteiger partial charge in [0, 0.05) is 11.4 Å². The number of nitriles is 1. The van der Waals surface area contributed by atoms with Gasteiger partial charge in [0.2, 0.25) is 0 Å². The van der Waals surface area contributed by atoms with Gasteiger partial charge in [0.1, 0.15) is 0 Å². The topological polar surface area (TPSA) is 36.7 Å². The zero-order chi connectivity index (χ0) is 10.8. The molecule has 0 radical (unpaired) electrons. The van der Waals surface area contributed by atoms with E-state index < -0.39 is 0 Å². The third-order valence-corrected chi connectivity index (χ3v) is 3.06. The second kappa shape index (κ2) is 4.02. The van der Waals surface area contributed by atoms with E-state index in [1.54, 1.807) is 0 Å². The molecular formula is C13H16N2. The highest BCUT2D eigenvalue weighted by molar-refractivity contribution is 5.30. The van der Waals surface area contributed by atoms with Gasteiger partial charge in [-0.05, 0) is 37.8 Å². The smallest absolute Gasteiger partial charge is 0.0733 e. The van der Waals surface area contributed by atoms with Crippen molar-refractivity contribution in [3.63, 3.8) is 0 Å². The van der Waals surface area contributed by atoms with Crippen LogP contribution in [-0.4, -0.2) is 4.98 Å². The first-order chi connectivity index (χ1) is 7.20. The molecule has 0 bridgehead atoms. The maximum atomic E-state index is 9.17. The predicted octanol–water partition coefficient (Wildman–Crippen LogP) is 3.11. The quantitative estimate of drug-likeness (QED) is 0.751. The first-order valence-corrected chi connectivity index (χ1v) is 5.54. The SMILES string of the molecule is Cc1ccc([C@H](C#N)CC2CC2)c(C)n1. The zero-order valence-electron chi connectivity index (χ0n) is 9.33. The molecule has 0 spiro atoms. The fourth-order valence-corrected chi connectivity index (χ4v) is 2.00. The first-order valence-electron chi connectivity index (χ1n) is 5.54. The maximum Gasteiger partial charge on any atom is 0.0733 e. The Hall–Kier alpha value is -1.36. The number of hydrogen-bond acceptors (Lipinski definition) is 2. The van der Waals surface area contributed by atoms with Crippen molar-refractivity contribution >= 4 is 0 Å². The van der Waals surface area contributed by atoms with Crippen LogP contribution in [0.1, 0.15) is 42.1 Å². The summed E-state index contributed by atoms with van der Waals surface area (Å²) in [7, 11) is 0. The molecule has 1 heterocycles. The first kappa shape index (κ1) is 10.2. The Labute approximate surface area is 91.0 Å². The molecule has 1 aliphatic carbocycles. The molecular weight excluding hydrogens is 184 g/mol. The van der Waals surface area contributed by atoms with Crippen LogP contribution in [0.2, 0.25) is 0 Å². The summed E-state index contributed by atoms with van der Waals surface area (Å²) in [6.07, 6.45) is 3.62. The maximum absolute atomic E-state index is 9.17. The van der Waals surface area contributed by atoms with Crippen molar-refractivity contribution in [3.05, 3.63) is 29.1 Å². The minimum Gasteiger partial charge on any atom is -0.258 e. The normalized spacial score (nSPS) is 17.1. The van der Waals surface area contributed by atoms with E-state index in [0.717, 1.165) is 29.3 Å². The largest absolute Gasteiger partial charge is 0.258 e. The van der Waals surface area contributed by atoms with E-state index in [-0.39, 0.29) is 5.92 Å². The Balaban J connectivity index is 2.21. The predicted molar refractivity (Wildman–Crippen MR) is 59.4 cm³/mol. The van der Waals surface area contributed by atoms with E-state index in [2.05, 4.69) is 17.1 Å². The molecule has 2 rings (SSSR count). The Morgan fingerprint density at radius 1 is 1.47 bits per heavy atom. The number of nitrogens with zero attached hydrogens (tertiary/aromatic N) is 2. The van der Waals surface area contributed by atoms with Crippen LogP contribution < -0.4 is 0 Å². The van der Waals surface area contributed by atoms with Gasteiger partial charge in [-0.2, -0.15) is 5.26 Å². The minimum absolute atomic E-state index is 0.0469. The van der Waals surface area contributed by atoms with Crippen LogP contribution in [0.4, 0.5) is 0 Å². The van der Waals surface area contributed by atoms with Crippen molar-refractivity contribution in [2.75, 3.05) is 0 Å². The molecule has 2 heteroatoms. The van der Waals surface area contributed by atoms with Gasteiger partial charge in [0.15, 0.2) is 0 Å². The van der Waals surface area contributed by atoms with Crippen LogP contribution in [-0.2, 0) is 0 Å². The van der Waals surface area contributed by atoms with Crippen molar-refractivity contribution in [1.29, 1.82) is 5.26 Å². The number of hydrogen-bond donors (Lipinski definition) is 0. The number of aryl methyl sites for hydroxylation is 2. The molecule has 1 aromatic rings. The summed E-state index contributed by atoms with van der Waals surface area (Å²) in [5, 5.41) is 9.17. The molecule has 1 saturated carbocycles. The molecule has 0 unspecified atom stereocenters. The summed E-state index contributed by atoms with van der Waals surface area (Å²) in [5.74, 6) is 0.834. The van der Waals surface area contributed by atoms with Crippen LogP contribution >= 0.6 is 0 Å². The average Bonchev–Trinajstić information content (AvgIpc) is 2.99. The summed E-state index contributed by atoms with van der Waals surface area (Å²) in [4.78, 5) is 4.42. The van der Waals surface area contributed by atoms with Crippen molar-refractivity contribution in [2.45, 2.75) is 39.0 Å². The highest BCUT2D eigenvalue weighted by Crippen LogP contribution is 2.38. The van der Waals surface area contributed by atoms with Gasteiger partial charge in [-0.25, -0.2) is 0 Å². The third-order valence-electron chi connectivity index (χ3n) is 3.06. The summed E-state index contributed by atoms with van der Waals surface area (Å²) in [6.45, 7) is 3.98. The summed E-state index contributed by atoms with van der Waals surface area (Å²) in [5.41, 5.74) is 3.16. The van der Waals surface area contributed by atoms with E-state index in [1.807, 2.05) is 19.9 Å². The highest BCUT2D eigenvalue weighted by atomic mass is 14.7. The third kappa shape index (κ3) is 2.36. The van der Waals surface area contributed by atoms with Crippen molar-refractivity contribution in [3.8, 4) is 6.07 Å². The molecule has 2 nitrogen and oxygen atoms in total. The van der Waals surface area contributed by atoms with Crippen molar-refractivity contribution < 1.29 is 0 Å². The zero-order valence-corrected chi connectivity index (χ0v) is 9.33. The van der Waals surface area contributed by atoms with Gasteiger partial charge in [-0.3, -0.25) is 4.98 Å². The molecule has 0 saturated heterocycles. The second-order valence-corrected chi connectivity index (χ2v) is 4.49. The summed E-state index contributed by atoms with van der Waals surface area (Å²) >= 11 is 0. The van der Waals surface area contributed by atoms with Crippen LogP contribution in [0.25, 0.3) is 0 Å². The second-order valence-electron chi connectivity index (χ2n) is 4.49. The lowest BCUT2D eigenvalue weighted by Crippen LogP contribution is -2.02. The van der Waals surface area contributed by atoms with Crippen LogP contribution in [0.5, 0.6) is 0 Å². The molecule has 1 atom stereocenters. The van der Waals surface area contributed by atoms with Gasteiger partial charge in [-0.15, -0.1) is 0 Å². The Kier molecular flexibility index (Phi) is 2.73.